The highest BCUT2D eigenvalue weighted by Gasteiger charge is 2.55. The van der Waals surface area contributed by atoms with Crippen LogP contribution in [0.15, 0.2) is 40.1 Å². The van der Waals surface area contributed by atoms with Crippen molar-refractivity contribution in [1.29, 1.82) is 0 Å². The van der Waals surface area contributed by atoms with E-state index in [9.17, 15) is 29.3 Å². The van der Waals surface area contributed by atoms with Gasteiger partial charge in [0.1, 0.15) is 12.7 Å². The van der Waals surface area contributed by atoms with Gasteiger partial charge in [0, 0.05) is 49.2 Å². The van der Waals surface area contributed by atoms with E-state index in [1.54, 1.807) is 19.1 Å². The van der Waals surface area contributed by atoms with Gasteiger partial charge in [0.05, 0.1) is 35.7 Å². The lowest BCUT2D eigenvalue weighted by molar-refractivity contribution is -0.385. The molecule has 14 nitrogen and oxygen atoms in total. The van der Waals surface area contributed by atoms with E-state index in [0.29, 0.717) is 18.5 Å². The van der Waals surface area contributed by atoms with Crippen molar-refractivity contribution < 1.29 is 33.1 Å². The molecular formula is C45H76N4O10PSi+. The maximum atomic E-state index is 13.5. The predicted octanol–water partition coefficient (Wildman–Crippen LogP) is 10.2. The fraction of sp³-hybridized carbons (Fsp3) is 0.733. The van der Waals surface area contributed by atoms with Crippen molar-refractivity contribution in [3.8, 4) is 0 Å². The minimum atomic E-state index is -2.66. The summed E-state index contributed by atoms with van der Waals surface area (Å²) in [5.41, 5.74) is -0.525. The second-order valence-electron chi connectivity index (χ2n) is 17.9. The van der Waals surface area contributed by atoms with Crippen LogP contribution in [0.3, 0.4) is 0 Å². The zero-order valence-electron chi connectivity index (χ0n) is 38.8. The first-order valence-corrected chi connectivity index (χ1v) is 27.5. The number of unbranched alkanes of at least 4 members (excludes halogenated alkanes) is 3. The number of aromatic amines is 1. The number of carbonyl (C=O) groups is 2. The Labute approximate surface area is 365 Å². The molecule has 0 radical (unpaired) electrons. The molecule has 1 amide bonds. The van der Waals surface area contributed by atoms with Gasteiger partial charge in [0.15, 0.2) is 12.3 Å². The van der Waals surface area contributed by atoms with Gasteiger partial charge in [-0.3, -0.25) is 29.3 Å². The predicted molar refractivity (Wildman–Crippen MR) is 247 cm³/mol. The van der Waals surface area contributed by atoms with Crippen molar-refractivity contribution in [2.75, 3.05) is 37.8 Å². The van der Waals surface area contributed by atoms with E-state index in [0.717, 1.165) is 12.6 Å². The van der Waals surface area contributed by atoms with Gasteiger partial charge in [-0.15, -0.1) is 0 Å². The Bertz CT molecular complexity index is 1790. The number of nitro groups is 1. The van der Waals surface area contributed by atoms with Crippen molar-refractivity contribution in [2.24, 2.45) is 0 Å². The summed E-state index contributed by atoms with van der Waals surface area (Å²) < 4.78 is 26.4. The van der Waals surface area contributed by atoms with Crippen molar-refractivity contribution in [1.82, 2.24) is 14.9 Å². The summed E-state index contributed by atoms with van der Waals surface area (Å²) in [6.45, 7) is 23.3. The van der Waals surface area contributed by atoms with Crippen LogP contribution in [0.1, 0.15) is 156 Å². The Morgan fingerprint density at radius 1 is 0.885 bits per heavy atom. The lowest BCUT2D eigenvalue weighted by atomic mass is 9.98. The lowest BCUT2D eigenvalue weighted by Crippen LogP contribution is -2.54. The number of amides is 1. The SMILES string of the molecule is CCCC[P+](CCCC)(CCCC)CCCNC(=O)c1ccc(C(C)COC(=O)O[C@@H]2C(O[Si](C(C)C)(C(C)C)C(C)C)[C@H](n3ccc(=O)[nH]c3=O)O[C@@H]2CC)c([N+](=O)[O-])c1. The molecule has 1 fully saturated rings. The quantitative estimate of drug-likeness (QED) is 0.0230. The van der Waals surface area contributed by atoms with E-state index in [1.165, 1.54) is 79.9 Å². The smallest absolute Gasteiger partial charge is 0.434 e. The molecule has 3 rings (SSSR count). The topological polar surface area (TPSA) is 181 Å². The Morgan fingerprint density at radius 2 is 1.46 bits per heavy atom. The summed E-state index contributed by atoms with van der Waals surface area (Å²) in [4.78, 5) is 65.9. The standard InChI is InChI=1S/C45H75N4O10PSi/c1-12-16-25-60(26-17-13-2,27-18-14-3)28-19-23-46-42(51)35-20-21-36(37(29-35)49(54)55)34(11)30-56-45(53)58-40-38(15-4)57-43(48-24-22-39(50)47-44(48)52)41(40)59-61(31(5)6,32(7)8)33(9)10/h20-22,24,29,31-34,38,40-41,43H,12-19,23,25-28,30H2,1-11H3,(H-,46,47,50,51,52)/p+1/t34?,38-,40+,41?,43-/m1/s1. The molecule has 0 spiro atoms. The molecule has 0 saturated carbocycles. The summed E-state index contributed by atoms with van der Waals surface area (Å²) in [6.07, 6.45) is 10.5. The number of rotatable bonds is 26. The second-order valence-corrected chi connectivity index (χ2v) is 27.8. The summed E-state index contributed by atoms with van der Waals surface area (Å²) >= 11 is 0. The summed E-state index contributed by atoms with van der Waals surface area (Å²) in [5.74, 6) is -0.981. The third-order valence-electron chi connectivity index (χ3n) is 12.6. The molecule has 344 valence electrons. The molecule has 61 heavy (non-hydrogen) atoms. The van der Waals surface area contributed by atoms with Crippen LogP contribution in [-0.4, -0.2) is 91.0 Å². The van der Waals surface area contributed by atoms with Gasteiger partial charge in [-0.25, -0.2) is 9.59 Å². The van der Waals surface area contributed by atoms with Crippen LogP contribution in [0, 0.1) is 10.1 Å². The van der Waals surface area contributed by atoms with Gasteiger partial charge in [0.25, 0.3) is 17.2 Å². The van der Waals surface area contributed by atoms with Gasteiger partial charge in [0.2, 0.25) is 8.32 Å². The molecule has 2 heterocycles. The molecule has 16 heteroatoms. The summed E-state index contributed by atoms with van der Waals surface area (Å²) in [7, 11) is -3.77. The van der Waals surface area contributed by atoms with E-state index in [1.807, 2.05) is 6.92 Å². The van der Waals surface area contributed by atoms with Crippen LogP contribution in [0.25, 0.3) is 0 Å². The maximum Gasteiger partial charge on any atom is 0.508 e. The number of hydrogen-bond acceptors (Lipinski definition) is 10. The average Bonchev–Trinajstić information content (AvgIpc) is 3.55. The average molecular weight is 892 g/mol. The Kier molecular flexibility index (Phi) is 20.8. The number of nitrogens with one attached hydrogen (secondary N) is 2. The Balaban J connectivity index is 1.77. The lowest BCUT2D eigenvalue weighted by Gasteiger charge is -2.45. The van der Waals surface area contributed by atoms with Gasteiger partial charge in [-0.05, 0) is 54.8 Å². The zero-order valence-corrected chi connectivity index (χ0v) is 40.7. The molecule has 0 bridgehead atoms. The minimum Gasteiger partial charge on any atom is -0.434 e. The van der Waals surface area contributed by atoms with E-state index in [4.69, 9.17) is 18.6 Å². The van der Waals surface area contributed by atoms with Crippen LogP contribution in [-0.2, 0) is 18.6 Å². The number of H-pyrrole nitrogens is 1. The number of ether oxygens (including phenoxy) is 3. The maximum absolute atomic E-state index is 13.5. The molecule has 1 aliphatic rings. The van der Waals surface area contributed by atoms with Crippen molar-refractivity contribution >= 4 is 33.3 Å². The van der Waals surface area contributed by atoms with Crippen LogP contribution in [0.4, 0.5) is 10.5 Å². The molecule has 2 N–H and O–H groups in total. The van der Waals surface area contributed by atoms with Crippen molar-refractivity contribution in [3.05, 3.63) is 72.5 Å². The first kappa shape index (κ1) is 52.0. The fourth-order valence-electron chi connectivity index (χ4n) is 9.36. The molecular weight excluding hydrogens is 816 g/mol. The third-order valence-corrected chi connectivity index (χ3v) is 23.8. The highest BCUT2D eigenvalue weighted by molar-refractivity contribution is 7.75. The first-order valence-electron chi connectivity index (χ1n) is 22.8. The normalized spacial score (nSPS) is 18.8. The molecule has 1 saturated heterocycles. The van der Waals surface area contributed by atoms with Gasteiger partial charge in [-0.1, -0.05) is 101 Å². The Hall–Kier alpha value is -3.39. The van der Waals surface area contributed by atoms with Gasteiger partial charge < -0.3 is 24.0 Å². The molecule has 1 aliphatic heterocycles. The molecule has 1 aromatic heterocycles. The van der Waals surface area contributed by atoms with E-state index in [2.05, 4.69) is 72.6 Å². The number of hydrogen-bond donors (Lipinski definition) is 2. The van der Waals surface area contributed by atoms with Gasteiger partial charge >= 0.3 is 11.8 Å². The molecule has 0 aliphatic carbocycles. The number of nitrogens with zero attached hydrogens (tertiary/aromatic N) is 2. The van der Waals surface area contributed by atoms with E-state index < -0.39 is 68.4 Å². The number of aromatic nitrogens is 2. The Morgan fingerprint density at radius 3 is 1.97 bits per heavy atom. The van der Waals surface area contributed by atoms with E-state index >= 15 is 0 Å². The van der Waals surface area contributed by atoms with Crippen molar-refractivity contribution in [2.45, 2.75) is 175 Å². The van der Waals surface area contributed by atoms with Crippen LogP contribution < -0.4 is 16.6 Å². The van der Waals surface area contributed by atoms with E-state index in [-0.39, 0.29) is 40.4 Å². The first-order chi connectivity index (χ1) is 28.9. The largest absolute Gasteiger partial charge is 0.508 e. The highest BCUT2D eigenvalue weighted by Crippen LogP contribution is 2.61. The number of carbonyl (C=O) groups excluding carboxylic acids is 2. The highest BCUT2D eigenvalue weighted by atomic mass is 31.2. The minimum absolute atomic E-state index is 0.148. The molecule has 5 atom stereocenters. The second kappa shape index (κ2) is 24.5. The fourth-order valence-corrected chi connectivity index (χ4v) is 20.0. The number of benzene rings is 1. The molecule has 2 unspecified atom stereocenters. The third kappa shape index (κ3) is 13.6. The van der Waals surface area contributed by atoms with Gasteiger partial charge in [-0.2, -0.15) is 0 Å². The van der Waals surface area contributed by atoms with Crippen molar-refractivity contribution in [3.63, 3.8) is 0 Å². The van der Waals surface area contributed by atoms with Crippen LogP contribution >= 0.6 is 7.26 Å². The van der Waals surface area contributed by atoms with Crippen LogP contribution in [0.5, 0.6) is 0 Å². The molecule has 1 aromatic carbocycles. The molecule has 2 aromatic rings. The monoisotopic (exact) mass is 892 g/mol. The van der Waals surface area contributed by atoms with Crippen LogP contribution in [0.2, 0.25) is 16.6 Å². The zero-order chi connectivity index (χ0) is 45.5. The summed E-state index contributed by atoms with van der Waals surface area (Å²) in [5, 5.41) is 15.3. The number of nitro benzene ring substituents is 1. The summed E-state index contributed by atoms with van der Waals surface area (Å²) in [6, 6.07) is 5.64.